The Hall–Kier alpha value is -1.06. The summed E-state index contributed by atoms with van der Waals surface area (Å²) in [5.41, 5.74) is 6.63. The summed E-state index contributed by atoms with van der Waals surface area (Å²) >= 11 is 0. The number of para-hydroxylation sites is 1. The topological polar surface area (TPSA) is 55.5 Å². The Morgan fingerprint density at radius 3 is 2.78 bits per heavy atom. The zero-order valence-corrected chi connectivity index (χ0v) is 11.2. The molecular formula is C15H23NO2. The van der Waals surface area contributed by atoms with Crippen molar-refractivity contribution in [1.29, 1.82) is 0 Å². The molecule has 0 heterocycles. The van der Waals surface area contributed by atoms with Gasteiger partial charge in [0.25, 0.3) is 0 Å². The molecule has 0 aliphatic heterocycles. The fourth-order valence-electron chi connectivity index (χ4n) is 3.20. The molecule has 1 aromatic rings. The van der Waals surface area contributed by atoms with Crippen LogP contribution in [0.25, 0.3) is 0 Å². The molecule has 18 heavy (non-hydrogen) atoms. The molecule has 0 amide bonds. The molecule has 100 valence electrons. The predicted octanol–water partition coefficient (Wildman–Crippen LogP) is 2.49. The molecule has 3 unspecified atom stereocenters. The van der Waals surface area contributed by atoms with Crippen molar-refractivity contribution in [1.82, 2.24) is 0 Å². The van der Waals surface area contributed by atoms with Gasteiger partial charge in [0.05, 0.1) is 13.2 Å². The fraction of sp³-hybridized carbons (Fsp3) is 0.600. The smallest absolute Gasteiger partial charge is 0.124 e. The summed E-state index contributed by atoms with van der Waals surface area (Å²) in [6.45, 7) is 2.75. The third kappa shape index (κ3) is 2.25. The van der Waals surface area contributed by atoms with Crippen LogP contribution in [0.15, 0.2) is 24.3 Å². The van der Waals surface area contributed by atoms with E-state index in [4.69, 9.17) is 10.5 Å². The maximum atomic E-state index is 10.7. The number of hydrogen-bond acceptors (Lipinski definition) is 3. The van der Waals surface area contributed by atoms with E-state index >= 15 is 0 Å². The lowest BCUT2D eigenvalue weighted by atomic mass is 9.76. The number of benzene rings is 1. The lowest BCUT2D eigenvalue weighted by molar-refractivity contribution is 0.0290. The fourth-order valence-corrected chi connectivity index (χ4v) is 3.20. The predicted molar refractivity (Wildman–Crippen MR) is 72.5 cm³/mol. The molecule has 3 N–H and O–H groups in total. The van der Waals surface area contributed by atoms with Crippen LogP contribution in [0.2, 0.25) is 0 Å². The van der Waals surface area contributed by atoms with Crippen LogP contribution >= 0.6 is 0 Å². The van der Waals surface area contributed by atoms with Gasteiger partial charge >= 0.3 is 0 Å². The summed E-state index contributed by atoms with van der Waals surface area (Å²) in [6.07, 6.45) is 2.58. The van der Waals surface area contributed by atoms with Gasteiger partial charge in [0.2, 0.25) is 0 Å². The molecule has 1 fully saturated rings. The Morgan fingerprint density at radius 1 is 1.50 bits per heavy atom. The van der Waals surface area contributed by atoms with Crippen molar-refractivity contribution in [2.75, 3.05) is 13.7 Å². The third-order valence-corrected chi connectivity index (χ3v) is 4.31. The molecule has 3 atom stereocenters. The van der Waals surface area contributed by atoms with Gasteiger partial charge < -0.3 is 15.6 Å². The van der Waals surface area contributed by atoms with Gasteiger partial charge in [-0.05, 0) is 24.8 Å². The minimum Gasteiger partial charge on any atom is -0.496 e. The molecule has 1 aromatic carbocycles. The van der Waals surface area contributed by atoms with Crippen molar-refractivity contribution in [2.24, 2.45) is 17.1 Å². The molecule has 1 saturated carbocycles. The van der Waals surface area contributed by atoms with Crippen LogP contribution in [0.1, 0.15) is 37.9 Å². The molecule has 2 rings (SSSR count). The van der Waals surface area contributed by atoms with E-state index in [1.807, 2.05) is 24.3 Å². The standard InChI is InChI=1S/C15H23NO2/c1-11-7-8-15(9-11,10-16)14(17)12-5-3-4-6-13(12)18-2/h3-6,11,14,17H,7-10,16H2,1-2H3. The second-order valence-electron chi connectivity index (χ2n) is 5.56. The van der Waals surface area contributed by atoms with Crippen LogP contribution in [-0.2, 0) is 0 Å². The van der Waals surface area contributed by atoms with Gasteiger partial charge in [0.1, 0.15) is 5.75 Å². The molecule has 0 aromatic heterocycles. The second-order valence-corrected chi connectivity index (χ2v) is 5.56. The monoisotopic (exact) mass is 249 g/mol. The van der Waals surface area contributed by atoms with Crippen LogP contribution in [0.4, 0.5) is 0 Å². The minimum atomic E-state index is -0.538. The van der Waals surface area contributed by atoms with Crippen molar-refractivity contribution in [3.8, 4) is 5.75 Å². The quantitative estimate of drug-likeness (QED) is 0.862. The van der Waals surface area contributed by atoms with Crippen molar-refractivity contribution < 1.29 is 9.84 Å². The molecule has 0 spiro atoms. The van der Waals surface area contributed by atoms with Gasteiger partial charge in [0.15, 0.2) is 0 Å². The summed E-state index contributed by atoms with van der Waals surface area (Å²) in [5, 5.41) is 10.7. The Balaban J connectivity index is 2.32. The van der Waals surface area contributed by atoms with Gasteiger partial charge in [-0.15, -0.1) is 0 Å². The highest BCUT2D eigenvalue weighted by Crippen LogP contribution is 2.50. The lowest BCUT2D eigenvalue weighted by Crippen LogP contribution is -2.34. The number of rotatable bonds is 4. The van der Waals surface area contributed by atoms with Crippen LogP contribution in [0.3, 0.4) is 0 Å². The van der Waals surface area contributed by atoms with Crippen LogP contribution in [0.5, 0.6) is 5.75 Å². The molecule has 0 bridgehead atoms. The summed E-state index contributed by atoms with van der Waals surface area (Å²) in [6, 6.07) is 7.68. The number of nitrogens with two attached hydrogens (primary N) is 1. The number of aliphatic hydroxyl groups is 1. The van der Waals surface area contributed by atoms with Crippen LogP contribution in [-0.4, -0.2) is 18.8 Å². The van der Waals surface area contributed by atoms with E-state index in [2.05, 4.69) is 6.92 Å². The maximum Gasteiger partial charge on any atom is 0.124 e. The number of hydrogen-bond donors (Lipinski definition) is 2. The SMILES string of the molecule is COc1ccccc1C(O)C1(CN)CCC(C)C1. The summed E-state index contributed by atoms with van der Waals surface area (Å²) in [5.74, 6) is 1.38. The minimum absolute atomic E-state index is 0.186. The first-order chi connectivity index (χ1) is 8.63. The highest BCUT2D eigenvalue weighted by atomic mass is 16.5. The van der Waals surface area contributed by atoms with Crippen LogP contribution < -0.4 is 10.5 Å². The van der Waals surface area contributed by atoms with Gasteiger partial charge in [0, 0.05) is 17.5 Å². The van der Waals surface area contributed by atoms with E-state index in [0.717, 1.165) is 30.6 Å². The summed E-state index contributed by atoms with van der Waals surface area (Å²) in [7, 11) is 1.64. The molecule has 3 nitrogen and oxygen atoms in total. The molecule has 0 saturated heterocycles. The van der Waals surface area contributed by atoms with E-state index in [1.54, 1.807) is 7.11 Å². The number of ether oxygens (including phenoxy) is 1. The first-order valence-corrected chi connectivity index (χ1v) is 6.64. The number of aliphatic hydroxyl groups excluding tert-OH is 1. The average molecular weight is 249 g/mol. The number of methoxy groups -OCH3 is 1. The molecule has 1 aliphatic carbocycles. The summed E-state index contributed by atoms with van der Waals surface area (Å²) < 4.78 is 5.34. The van der Waals surface area contributed by atoms with Gasteiger partial charge in [-0.1, -0.05) is 31.5 Å². The highest BCUT2D eigenvalue weighted by molar-refractivity contribution is 5.36. The van der Waals surface area contributed by atoms with Crippen molar-refractivity contribution in [3.05, 3.63) is 29.8 Å². The highest BCUT2D eigenvalue weighted by Gasteiger charge is 2.43. The van der Waals surface area contributed by atoms with Gasteiger partial charge in [-0.3, -0.25) is 0 Å². The summed E-state index contributed by atoms with van der Waals surface area (Å²) in [4.78, 5) is 0. The molecule has 3 heteroatoms. The van der Waals surface area contributed by atoms with E-state index in [-0.39, 0.29) is 5.41 Å². The Labute approximate surface area is 109 Å². The van der Waals surface area contributed by atoms with Crippen molar-refractivity contribution in [2.45, 2.75) is 32.3 Å². The Morgan fingerprint density at radius 2 is 2.22 bits per heavy atom. The Kier molecular flexibility index (Phi) is 3.93. The van der Waals surface area contributed by atoms with E-state index in [0.29, 0.717) is 12.5 Å². The van der Waals surface area contributed by atoms with Gasteiger partial charge in [-0.25, -0.2) is 0 Å². The average Bonchev–Trinajstić information content (AvgIpc) is 2.80. The normalized spacial score (nSPS) is 29.2. The lowest BCUT2D eigenvalue weighted by Gasteiger charge is -2.34. The zero-order valence-electron chi connectivity index (χ0n) is 11.2. The molecule has 0 radical (unpaired) electrons. The first kappa shape index (κ1) is 13.4. The van der Waals surface area contributed by atoms with E-state index in [9.17, 15) is 5.11 Å². The van der Waals surface area contributed by atoms with Gasteiger partial charge in [-0.2, -0.15) is 0 Å². The van der Waals surface area contributed by atoms with E-state index < -0.39 is 6.10 Å². The first-order valence-electron chi connectivity index (χ1n) is 6.64. The van der Waals surface area contributed by atoms with Crippen molar-refractivity contribution >= 4 is 0 Å². The second kappa shape index (κ2) is 5.29. The largest absolute Gasteiger partial charge is 0.496 e. The molecule has 1 aliphatic rings. The van der Waals surface area contributed by atoms with Crippen LogP contribution in [0, 0.1) is 11.3 Å². The third-order valence-electron chi connectivity index (χ3n) is 4.31. The molecular weight excluding hydrogens is 226 g/mol. The Bertz CT molecular complexity index is 407. The van der Waals surface area contributed by atoms with E-state index in [1.165, 1.54) is 0 Å². The maximum absolute atomic E-state index is 10.7. The zero-order chi connectivity index (χ0) is 13.2. The van der Waals surface area contributed by atoms with Crippen molar-refractivity contribution in [3.63, 3.8) is 0 Å².